The van der Waals surface area contributed by atoms with Gasteiger partial charge in [0.15, 0.2) is 0 Å². The van der Waals surface area contributed by atoms with Crippen LogP contribution in [-0.2, 0) is 19.7 Å². The Morgan fingerprint density at radius 3 is 2.58 bits per heavy atom. The first kappa shape index (κ1) is 21.1. The van der Waals surface area contributed by atoms with Crippen molar-refractivity contribution in [1.29, 1.82) is 0 Å². The summed E-state index contributed by atoms with van der Waals surface area (Å²) in [5, 5.41) is 4.56. The van der Waals surface area contributed by atoms with Crippen molar-refractivity contribution < 1.29 is 9.15 Å². The molecule has 1 N–H and O–H groups in total. The number of ether oxygens (including phenoxy) is 1. The molecule has 1 heterocycles. The molecule has 0 saturated carbocycles. The highest BCUT2D eigenvalue weighted by atomic mass is 79.9. The summed E-state index contributed by atoms with van der Waals surface area (Å²) in [5.74, 6) is 1.70. The number of benzene rings is 2. The lowest BCUT2D eigenvalue weighted by molar-refractivity contribution is 0.302. The van der Waals surface area contributed by atoms with E-state index in [4.69, 9.17) is 32.4 Å². The molecule has 0 bridgehead atoms. The highest BCUT2D eigenvalue weighted by Gasteiger charge is 2.08. The van der Waals surface area contributed by atoms with Crippen LogP contribution in [0.3, 0.4) is 0 Å². The van der Waals surface area contributed by atoms with E-state index in [2.05, 4.69) is 21.2 Å². The van der Waals surface area contributed by atoms with Crippen LogP contribution in [0.15, 0.2) is 63.7 Å². The summed E-state index contributed by atoms with van der Waals surface area (Å²) in [6.45, 7) is 1.69. The number of nitrogens with one attached hydrogen (secondary N) is 1. The van der Waals surface area contributed by atoms with E-state index in [0.29, 0.717) is 29.7 Å². The van der Waals surface area contributed by atoms with Crippen LogP contribution in [0.4, 0.5) is 0 Å². The van der Waals surface area contributed by atoms with Crippen molar-refractivity contribution in [3.63, 3.8) is 0 Å². The topological polar surface area (TPSA) is 34.4 Å². The summed E-state index contributed by atoms with van der Waals surface area (Å²) in [5.41, 5.74) is 1.94. The highest BCUT2D eigenvalue weighted by molar-refractivity contribution is 9.10. The Labute approximate surface area is 177 Å². The van der Waals surface area contributed by atoms with Crippen LogP contribution < -0.4 is 10.1 Å². The first-order chi connectivity index (χ1) is 12.1. The summed E-state index contributed by atoms with van der Waals surface area (Å²) in [6.07, 6.45) is 1.67. The van der Waals surface area contributed by atoms with E-state index in [1.54, 1.807) is 18.4 Å². The maximum atomic E-state index is 6.21. The molecule has 0 saturated heterocycles. The molecule has 7 heteroatoms. The van der Waals surface area contributed by atoms with E-state index >= 15 is 0 Å². The van der Waals surface area contributed by atoms with Gasteiger partial charge in [0.1, 0.15) is 18.1 Å². The lowest BCUT2D eigenvalue weighted by Crippen LogP contribution is -2.13. The molecular formula is C19H17BrCl3NO2. The maximum absolute atomic E-state index is 6.21. The molecule has 0 fully saturated rings. The van der Waals surface area contributed by atoms with E-state index in [0.717, 1.165) is 27.1 Å². The smallest absolute Gasteiger partial charge is 0.124 e. The third-order valence-electron chi connectivity index (χ3n) is 3.62. The molecule has 0 amide bonds. The predicted octanol–water partition coefficient (Wildman–Crippen LogP) is 6.64. The quantitative estimate of drug-likeness (QED) is 0.414. The van der Waals surface area contributed by atoms with Crippen molar-refractivity contribution >= 4 is 51.5 Å². The van der Waals surface area contributed by atoms with Crippen molar-refractivity contribution in [1.82, 2.24) is 5.32 Å². The number of halogens is 4. The predicted molar refractivity (Wildman–Crippen MR) is 111 cm³/mol. The number of rotatable bonds is 7. The van der Waals surface area contributed by atoms with E-state index in [9.17, 15) is 0 Å². The van der Waals surface area contributed by atoms with Gasteiger partial charge in [-0.3, -0.25) is 0 Å². The molecule has 3 aromatic rings. The van der Waals surface area contributed by atoms with Gasteiger partial charge < -0.3 is 14.5 Å². The Morgan fingerprint density at radius 2 is 1.85 bits per heavy atom. The summed E-state index contributed by atoms with van der Waals surface area (Å²) in [6, 6.07) is 15.1. The standard InChI is InChI=1S/C19H16BrCl2NO2.ClH/c20-15-4-6-19(25-12-13-3-5-16(21)9-18(13)22)14(8-15)10-23-11-17-2-1-7-24-17;/h1-9,23H,10-12H2;1H. The Kier molecular flexibility index (Phi) is 8.32. The van der Waals surface area contributed by atoms with Crippen LogP contribution >= 0.6 is 51.5 Å². The van der Waals surface area contributed by atoms with Gasteiger partial charge in [-0.2, -0.15) is 0 Å². The summed E-state index contributed by atoms with van der Waals surface area (Å²) >= 11 is 15.6. The van der Waals surface area contributed by atoms with Gasteiger partial charge in [-0.05, 0) is 42.5 Å². The first-order valence-electron chi connectivity index (χ1n) is 7.70. The van der Waals surface area contributed by atoms with E-state index in [1.165, 1.54) is 0 Å². The molecule has 26 heavy (non-hydrogen) atoms. The fraction of sp³-hybridized carbons (Fsp3) is 0.158. The minimum atomic E-state index is 0. The Hall–Kier alpha value is -1.17. The van der Waals surface area contributed by atoms with E-state index < -0.39 is 0 Å². The number of hydrogen-bond acceptors (Lipinski definition) is 3. The Bertz CT molecular complexity index is 841. The molecule has 0 atom stereocenters. The molecule has 0 radical (unpaired) electrons. The van der Waals surface area contributed by atoms with Crippen LogP contribution in [0.2, 0.25) is 10.0 Å². The number of furan rings is 1. The zero-order chi connectivity index (χ0) is 17.6. The minimum absolute atomic E-state index is 0. The lowest BCUT2D eigenvalue weighted by atomic mass is 10.2. The average Bonchev–Trinajstić information content (AvgIpc) is 3.09. The molecule has 0 spiro atoms. The van der Waals surface area contributed by atoms with Gasteiger partial charge in [0, 0.05) is 32.2 Å². The maximum Gasteiger partial charge on any atom is 0.124 e. The van der Waals surface area contributed by atoms with E-state index in [-0.39, 0.29) is 12.4 Å². The third kappa shape index (κ3) is 5.93. The molecule has 0 aliphatic rings. The van der Waals surface area contributed by atoms with Crippen molar-refractivity contribution in [3.05, 3.63) is 86.2 Å². The fourth-order valence-corrected chi connectivity index (χ4v) is 3.23. The summed E-state index contributed by atoms with van der Waals surface area (Å²) in [7, 11) is 0. The highest BCUT2D eigenvalue weighted by Crippen LogP contribution is 2.26. The Morgan fingerprint density at radius 1 is 1.00 bits per heavy atom. The Balaban J connectivity index is 0.00000243. The second kappa shape index (κ2) is 10.2. The molecule has 0 aliphatic heterocycles. The van der Waals surface area contributed by atoms with Crippen LogP contribution in [0.5, 0.6) is 5.75 Å². The minimum Gasteiger partial charge on any atom is -0.489 e. The third-order valence-corrected chi connectivity index (χ3v) is 4.70. The van der Waals surface area contributed by atoms with Gasteiger partial charge in [0.2, 0.25) is 0 Å². The average molecular weight is 478 g/mol. The molecule has 1 aromatic heterocycles. The van der Waals surface area contributed by atoms with Crippen molar-refractivity contribution in [2.75, 3.05) is 0 Å². The molecule has 3 nitrogen and oxygen atoms in total. The second-order valence-corrected chi connectivity index (χ2v) is 7.22. The van der Waals surface area contributed by atoms with Crippen LogP contribution in [0.1, 0.15) is 16.9 Å². The molecule has 138 valence electrons. The van der Waals surface area contributed by atoms with Gasteiger partial charge in [-0.25, -0.2) is 0 Å². The van der Waals surface area contributed by atoms with Crippen molar-refractivity contribution in [2.24, 2.45) is 0 Å². The molecule has 3 rings (SSSR count). The van der Waals surface area contributed by atoms with Crippen molar-refractivity contribution in [3.8, 4) is 5.75 Å². The first-order valence-corrected chi connectivity index (χ1v) is 9.25. The van der Waals surface area contributed by atoms with E-state index in [1.807, 2.05) is 36.4 Å². The van der Waals surface area contributed by atoms with Gasteiger partial charge in [0.05, 0.1) is 12.8 Å². The van der Waals surface area contributed by atoms with Gasteiger partial charge in [-0.15, -0.1) is 12.4 Å². The van der Waals surface area contributed by atoms with Gasteiger partial charge >= 0.3 is 0 Å². The molecule has 2 aromatic carbocycles. The zero-order valence-corrected chi connectivity index (χ0v) is 17.6. The lowest BCUT2D eigenvalue weighted by Gasteiger charge is -2.13. The largest absolute Gasteiger partial charge is 0.489 e. The molecule has 0 aliphatic carbocycles. The van der Waals surface area contributed by atoms with Crippen LogP contribution in [0.25, 0.3) is 0 Å². The SMILES string of the molecule is Cl.Clc1ccc(COc2ccc(Br)cc2CNCc2ccco2)c(Cl)c1. The van der Waals surface area contributed by atoms with Gasteiger partial charge in [0.25, 0.3) is 0 Å². The van der Waals surface area contributed by atoms with Gasteiger partial charge in [-0.1, -0.05) is 45.2 Å². The summed E-state index contributed by atoms with van der Waals surface area (Å²) < 4.78 is 12.3. The number of hydrogen-bond donors (Lipinski definition) is 1. The fourth-order valence-electron chi connectivity index (χ4n) is 2.35. The van der Waals surface area contributed by atoms with Crippen molar-refractivity contribution in [2.45, 2.75) is 19.7 Å². The molecule has 0 unspecified atom stereocenters. The monoisotopic (exact) mass is 475 g/mol. The van der Waals surface area contributed by atoms with Crippen LogP contribution in [0, 0.1) is 0 Å². The zero-order valence-electron chi connectivity index (χ0n) is 13.7. The molecular weight excluding hydrogens is 460 g/mol. The second-order valence-electron chi connectivity index (χ2n) is 5.46. The van der Waals surface area contributed by atoms with Crippen LogP contribution in [-0.4, -0.2) is 0 Å². The normalized spacial score (nSPS) is 10.4. The summed E-state index contributed by atoms with van der Waals surface area (Å²) in [4.78, 5) is 0.